The Kier molecular flexibility index (Phi) is 7.63. The van der Waals surface area contributed by atoms with Gasteiger partial charge in [0, 0.05) is 5.92 Å². The van der Waals surface area contributed by atoms with Crippen LogP contribution in [0.25, 0.3) is 0 Å². The van der Waals surface area contributed by atoms with E-state index in [-0.39, 0.29) is 30.1 Å². The predicted octanol–water partition coefficient (Wildman–Crippen LogP) is 2.10. The quantitative estimate of drug-likeness (QED) is 0.680. The van der Waals surface area contributed by atoms with Gasteiger partial charge in [-0.05, 0) is 24.3 Å². The standard InChI is InChI=1S/C20H29N3O3/c1-14(2)18(21-17(24)13-15-9-5-3-6-10-15)20(26)23-22-19(25)16-11-7-4-8-12-16/h3,5-6,9-10,14,16,18H,4,7-8,11-13H2,1-2H3,(H,21,24)(H,22,25)(H,23,26)/t18-/m0/s1. The molecule has 0 radical (unpaired) electrons. The molecule has 3 amide bonds. The first-order chi connectivity index (χ1) is 12.5. The first-order valence-electron chi connectivity index (χ1n) is 9.40. The van der Waals surface area contributed by atoms with E-state index >= 15 is 0 Å². The van der Waals surface area contributed by atoms with Gasteiger partial charge in [-0.1, -0.05) is 63.4 Å². The van der Waals surface area contributed by atoms with Crippen molar-refractivity contribution in [2.24, 2.45) is 11.8 Å². The monoisotopic (exact) mass is 359 g/mol. The smallest absolute Gasteiger partial charge is 0.261 e. The number of hydrazine groups is 1. The maximum Gasteiger partial charge on any atom is 0.261 e. The van der Waals surface area contributed by atoms with Crippen LogP contribution in [-0.4, -0.2) is 23.8 Å². The van der Waals surface area contributed by atoms with Crippen LogP contribution >= 0.6 is 0 Å². The van der Waals surface area contributed by atoms with Gasteiger partial charge in [0.2, 0.25) is 11.8 Å². The average Bonchev–Trinajstić information content (AvgIpc) is 2.65. The number of benzene rings is 1. The Labute approximate surface area is 155 Å². The van der Waals surface area contributed by atoms with E-state index in [0.29, 0.717) is 0 Å². The minimum absolute atomic E-state index is 0.0331. The molecular weight excluding hydrogens is 330 g/mol. The zero-order valence-electron chi connectivity index (χ0n) is 15.6. The van der Waals surface area contributed by atoms with Gasteiger partial charge in [-0.2, -0.15) is 0 Å². The Hall–Kier alpha value is -2.37. The van der Waals surface area contributed by atoms with Crippen LogP contribution in [0.5, 0.6) is 0 Å². The van der Waals surface area contributed by atoms with Gasteiger partial charge in [-0.3, -0.25) is 25.2 Å². The van der Waals surface area contributed by atoms with E-state index < -0.39 is 11.9 Å². The molecule has 1 atom stereocenters. The van der Waals surface area contributed by atoms with Crippen molar-refractivity contribution < 1.29 is 14.4 Å². The average molecular weight is 359 g/mol. The van der Waals surface area contributed by atoms with Crippen molar-refractivity contribution in [2.75, 3.05) is 0 Å². The van der Waals surface area contributed by atoms with Gasteiger partial charge in [0.25, 0.3) is 5.91 Å². The highest BCUT2D eigenvalue weighted by Gasteiger charge is 2.26. The van der Waals surface area contributed by atoms with E-state index in [9.17, 15) is 14.4 Å². The SMILES string of the molecule is CC(C)[C@H](NC(=O)Cc1ccccc1)C(=O)NNC(=O)C1CCCCC1. The van der Waals surface area contributed by atoms with Crippen molar-refractivity contribution in [3.8, 4) is 0 Å². The molecule has 1 fully saturated rings. The van der Waals surface area contributed by atoms with Gasteiger partial charge in [-0.25, -0.2) is 0 Å². The largest absolute Gasteiger partial charge is 0.344 e. The molecule has 6 nitrogen and oxygen atoms in total. The summed E-state index contributed by atoms with van der Waals surface area (Å²) < 4.78 is 0. The van der Waals surface area contributed by atoms with E-state index in [2.05, 4.69) is 16.2 Å². The third kappa shape index (κ3) is 6.17. The summed E-state index contributed by atoms with van der Waals surface area (Å²) in [5.41, 5.74) is 5.89. The second-order valence-electron chi connectivity index (χ2n) is 7.27. The Morgan fingerprint density at radius 3 is 2.27 bits per heavy atom. The van der Waals surface area contributed by atoms with Crippen LogP contribution in [0.3, 0.4) is 0 Å². The highest BCUT2D eigenvalue weighted by molar-refractivity contribution is 5.90. The van der Waals surface area contributed by atoms with Gasteiger partial charge in [0.05, 0.1) is 6.42 Å². The zero-order valence-corrected chi connectivity index (χ0v) is 15.6. The number of carbonyl (C=O) groups excluding carboxylic acids is 3. The molecule has 1 aromatic rings. The lowest BCUT2D eigenvalue weighted by Crippen LogP contribution is -2.55. The minimum atomic E-state index is -0.696. The Morgan fingerprint density at radius 1 is 1.00 bits per heavy atom. The fraction of sp³-hybridized carbons (Fsp3) is 0.550. The number of hydrogen-bond donors (Lipinski definition) is 3. The van der Waals surface area contributed by atoms with Crippen molar-refractivity contribution in [3.63, 3.8) is 0 Å². The summed E-state index contributed by atoms with van der Waals surface area (Å²) in [4.78, 5) is 36.8. The van der Waals surface area contributed by atoms with E-state index in [1.165, 1.54) is 6.42 Å². The third-order valence-corrected chi connectivity index (χ3v) is 4.76. The number of carbonyl (C=O) groups is 3. The zero-order chi connectivity index (χ0) is 18.9. The molecular formula is C20H29N3O3. The lowest BCUT2D eigenvalue weighted by atomic mass is 9.89. The van der Waals surface area contributed by atoms with E-state index in [4.69, 9.17) is 0 Å². The molecule has 1 aliphatic carbocycles. The fourth-order valence-electron chi connectivity index (χ4n) is 3.21. The highest BCUT2D eigenvalue weighted by atomic mass is 16.2. The van der Waals surface area contributed by atoms with Crippen molar-refractivity contribution in [1.82, 2.24) is 16.2 Å². The predicted molar refractivity (Wildman–Crippen MR) is 99.8 cm³/mol. The molecule has 0 unspecified atom stereocenters. The molecule has 0 aliphatic heterocycles. The molecule has 0 spiro atoms. The van der Waals surface area contributed by atoms with Crippen LogP contribution in [0.1, 0.15) is 51.5 Å². The molecule has 6 heteroatoms. The van der Waals surface area contributed by atoms with E-state index in [1.54, 1.807) is 0 Å². The molecule has 1 saturated carbocycles. The number of hydrogen-bond acceptors (Lipinski definition) is 3. The molecule has 2 rings (SSSR count). The summed E-state index contributed by atoms with van der Waals surface area (Å²) in [6.07, 6.45) is 5.21. The van der Waals surface area contributed by atoms with Gasteiger partial charge >= 0.3 is 0 Å². The van der Waals surface area contributed by atoms with Crippen LogP contribution in [-0.2, 0) is 20.8 Å². The maximum atomic E-state index is 12.4. The minimum Gasteiger partial charge on any atom is -0.344 e. The van der Waals surface area contributed by atoms with Crippen LogP contribution < -0.4 is 16.2 Å². The van der Waals surface area contributed by atoms with Crippen LogP contribution in [0.2, 0.25) is 0 Å². The molecule has 1 aliphatic rings. The second-order valence-corrected chi connectivity index (χ2v) is 7.27. The molecule has 0 saturated heterocycles. The van der Waals surface area contributed by atoms with Gasteiger partial charge in [-0.15, -0.1) is 0 Å². The number of rotatable bonds is 6. The number of nitrogens with one attached hydrogen (secondary N) is 3. The summed E-state index contributed by atoms with van der Waals surface area (Å²) >= 11 is 0. The normalized spacial score (nSPS) is 16.0. The van der Waals surface area contributed by atoms with Gasteiger partial charge in [0.15, 0.2) is 0 Å². The Bertz CT molecular complexity index is 610. The molecule has 26 heavy (non-hydrogen) atoms. The molecule has 3 N–H and O–H groups in total. The lowest BCUT2D eigenvalue weighted by molar-refractivity contribution is -0.134. The summed E-state index contributed by atoms with van der Waals surface area (Å²) in [7, 11) is 0. The molecule has 1 aromatic carbocycles. The van der Waals surface area contributed by atoms with Crippen molar-refractivity contribution in [2.45, 2.75) is 58.4 Å². The number of amides is 3. The first kappa shape index (κ1) is 19.9. The third-order valence-electron chi connectivity index (χ3n) is 4.76. The summed E-state index contributed by atoms with van der Waals surface area (Å²) in [5.74, 6) is -0.888. The molecule has 0 bridgehead atoms. The lowest BCUT2D eigenvalue weighted by Gasteiger charge is -2.24. The van der Waals surface area contributed by atoms with Crippen LogP contribution in [0.15, 0.2) is 30.3 Å². The van der Waals surface area contributed by atoms with Crippen molar-refractivity contribution >= 4 is 17.7 Å². The van der Waals surface area contributed by atoms with Gasteiger partial charge < -0.3 is 5.32 Å². The summed E-state index contributed by atoms with van der Waals surface area (Å²) in [6.45, 7) is 3.71. The Balaban J connectivity index is 1.84. The first-order valence-corrected chi connectivity index (χ1v) is 9.40. The topological polar surface area (TPSA) is 87.3 Å². The summed E-state index contributed by atoms with van der Waals surface area (Å²) in [5, 5.41) is 2.77. The summed E-state index contributed by atoms with van der Waals surface area (Å²) in [6, 6.07) is 8.67. The second kappa shape index (κ2) is 9.94. The van der Waals surface area contributed by atoms with Gasteiger partial charge in [0.1, 0.15) is 6.04 Å². The Morgan fingerprint density at radius 2 is 1.65 bits per heavy atom. The van der Waals surface area contributed by atoms with E-state index in [1.807, 2.05) is 44.2 Å². The van der Waals surface area contributed by atoms with Crippen LogP contribution in [0.4, 0.5) is 0 Å². The van der Waals surface area contributed by atoms with Crippen LogP contribution in [0, 0.1) is 11.8 Å². The van der Waals surface area contributed by atoms with E-state index in [0.717, 1.165) is 31.2 Å². The molecule has 0 heterocycles. The molecule has 0 aromatic heterocycles. The fourth-order valence-corrected chi connectivity index (χ4v) is 3.21. The molecule has 142 valence electrons. The highest BCUT2D eigenvalue weighted by Crippen LogP contribution is 2.23. The van der Waals surface area contributed by atoms with Crippen molar-refractivity contribution in [1.29, 1.82) is 0 Å². The maximum absolute atomic E-state index is 12.4. The van der Waals surface area contributed by atoms with Crippen molar-refractivity contribution in [3.05, 3.63) is 35.9 Å².